The largest absolute Gasteiger partial charge is 0.371 e. The van der Waals surface area contributed by atoms with Crippen LogP contribution in [0.4, 0.5) is 5.69 Å². The van der Waals surface area contributed by atoms with Crippen LogP contribution in [0.3, 0.4) is 0 Å². The number of nitrogens with zero attached hydrogens (tertiary/aromatic N) is 2. The molecule has 0 atom stereocenters. The highest BCUT2D eigenvalue weighted by Crippen LogP contribution is 2.25. The van der Waals surface area contributed by atoms with Crippen molar-refractivity contribution in [3.05, 3.63) is 52.5 Å². The number of hydrogen-bond donors (Lipinski definition) is 3. The molecular weight excluding hydrogens is 336 g/mol. The van der Waals surface area contributed by atoms with Gasteiger partial charge in [-0.3, -0.25) is 10.0 Å². The maximum Gasteiger partial charge on any atom is 0.267 e. The van der Waals surface area contributed by atoms with E-state index in [4.69, 9.17) is 5.21 Å². The van der Waals surface area contributed by atoms with E-state index in [9.17, 15) is 4.79 Å². The molecule has 25 heavy (non-hydrogen) atoms. The fourth-order valence-electron chi connectivity index (χ4n) is 3.02. The zero-order valence-electron chi connectivity index (χ0n) is 13.9. The van der Waals surface area contributed by atoms with Gasteiger partial charge in [0.15, 0.2) is 0 Å². The Morgan fingerprint density at radius 2 is 2.16 bits per heavy atom. The van der Waals surface area contributed by atoms with Gasteiger partial charge in [-0.15, -0.1) is 11.3 Å². The zero-order valence-corrected chi connectivity index (χ0v) is 14.7. The van der Waals surface area contributed by atoms with Crippen LogP contribution in [0.5, 0.6) is 0 Å². The number of rotatable bonds is 6. The normalized spacial score (nSPS) is 15.6. The Balaban J connectivity index is 1.57. The van der Waals surface area contributed by atoms with Crippen LogP contribution >= 0.6 is 11.3 Å². The van der Waals surface area contributed by atoms with Crippen molar-refractivity contribution in [3.8, 4) is 0 Å². The number of carbonyl (C=O) groups excluding carboxylic acids is 1. The van der Waals surface area contributed by atoms with Crippen LogP contribution < -0.4 is 15.7 Å². The number of thiazole rings is 1. The maximum absolute atomic E-state index is 11.2. The third kappa shape index (κ3) is 4.88. The molecule has 1 aromatic heterocycles. The molecule has 0 saturated carbocycles. The van der Waals surface area contributed by atoms with Crippen molar-refractivity contribution in [2.24, 2.45) is 0 Å². The van der Waals surface area contributed by atoms with Gasteiger partial charge >= 0.3 is 0 Å². The lowest BCUT2D eigenvalue weighted by Gasteiger charge is -2.34. The third-order valence-corrected chi connectivity index (χ3v) is 5.10. The molecule has 0 unspecified atom stereocenters. The molecule has 0 aliphatic carbocycles. The van der Waals surface area contributed by atoms with E-state index >= 15 is 0 Å². The number of piperidine rings is 1. The van der Waals surface area contributed by atoms with Crippen LogP contribution in [-0.4, -0.2) is 35.2 Å². The summed E-state index contributed by atoms with van der Waals surface area (Å²) in [5.41, 5.74) is 3.70. The summed E-state index contributed by atoms with van der Waals surface area (Å²) in [4.78, 5) is 17.9. The summed E-state index contributed by atoms with van der Waals surface area (Å²) in [7, 11) is 0. The molecule has 2 aromatic rings. The summed E-state index contributed by atoms with van der Waals surface area (Å²) < 4.78 is 0. The number of hydrogen-bond acceptors (Lipinski definition) is 6. The van der Waals surface area contributed by atoms with Crippen molar-refractivity contribution in [2.75, 3.05) is 18.0 Å². The minimum Gasteiger partial charge on any atom is -0.371 e. The van der Waals surface area contributed by atoms with Crippen LogP contribution in [0.1, 0.15) is 23.4 Å². The van der Waals surface area contributed by atoms with Crippen molar-refractivity contribution in [1.82, 2.24) is 15.8 Å². The lowest BCUT2D eigenvalue weighted by atomic mass is 10.0. The summed E-state index contributed by atoms with van der Waals surface area (Å²) in [6.07, 6.45) is 7.04. The monoisotopic (exact) mass is 358 g/mol. The number of carbonyl (C=O) groups is 1. The van der Waals surface area contributed by atoms with Crippen LogP contribution in [0, 0.1) is 0 Å². The van der Waals surface area contributed by atoms with Crippen molar-refractivity contribution in [3.63, 3.8) is 0 Å². The minimum atomic E-state index is -0.528. The second kappa shape index (κ2) is 8.75. The van der Waals surface area contributed by atoms with Gasteiger partial charge in [0.1, 0.15) is 5.01 Å². The van der Waals surface area contributed by atoms with E-state index in [0.717, 1.165) is 48.7 Å². The topological polar surface area (TPSA) is 77.5 Å². The smallest absolute Gasteiger partial charge is 0.267 e. The average molecular weight is 358 g/mol. The van der Waals surface area contributed by atoms with Crippen LogP contribution in [-0.2, 0) is 11.3 Å². The van der Waals surface area contributed by atoms with E-state index in [1.807, 2.05) is 29.8 Å². The molecule has 3 rings (SSSR count). The van der Waals surface area contributed by atoms with Crippen molar-refractivity contribution >= 4 is 29.0 Å². The molecule has 3 N–H and O–H groups in total. The number of nitrogens with one attached hydrogen (secondary N) is 2. The molecule has 1 fully saturated rings. The fourth-order valence-corrected chi connectivity index (χ4v) is 3.58. The van der Waals surface area contributed by atoms with Crippen LogP contribution in [0.25, 0.3) is 6.08 Å². The molecule has 0 radical (unpaired) electrons. The Labute approximate surface area is 151 Å². The Bertz CT molecular complexity index is 710. The molecule has 7 heteroatoms. The first-order chi connectivity index (χ1) is 12.3. The lowest BCUT2D eigenvalue weighted by Crippen LogP contribution is -2.42. The number of hydroxylamine groups is 1. The van der Waals surface area contributed by atoms with Gasteiger partial charge in [0.25, 0.3) is 5.91 Å². The summed E-state index contributed by atoms with van der Waals surface area (Å²) in [5, 5.41) is 15.3. The Kier molecular flexibility index (Phi) is 6.16. The maximum atomic E-state index is 11.2. The van der Waals surface area contributed by atoms with Crippen molar-refractivity contribution < 1.29 is 10.0 Å². The molecule has 1 amide bonds. The minimum absolute atomic E-state index is 0.503. The first-order valence-corrected chi connectivity index (χ1v) is 9.22. The first-order valence-electron chi connectivity index (χ1n) is 8.34. The Morgan fingerprint density at radius 1 is 1.36 bits per heavy atom. The fraction of sp³-hybridized carbons (Fsp3) is 0.333. The van der Waals surface area contributed by atoms with Crippen molar-refractivity contribution in [1.29, 1.82) is 0 Å². The summed E-state index contributed by atoms with van der Waals surface area (Å²) >= 11 is 1.68. The summed E-state index contributed by atoms with van der Waals surface area (Å²) in [6.45, 7) is 2.76. The van der Waals surface area contributed by atoms with E-state index in [1.54, 1.807) is 22.9 Å². The molecule has 0 bridgehead atoms. The van der Waals surface area contributed by atoms with Gasteiger partial charge in [0, 0.05) is 49.0 Å². The number of benzene rings is 1. The molecule has 132 valence electrons. The zero-order chi connectivity index (χ0) is 17.5. The van der Waals surface area contributed by atoms with Gasteiger partial charge in [-0.25, -0.2) is 10.5 Å². The first kappa shape index (κ1) is 17.6. The number of amides is 1. The molecule has 1 aliphatic rings. The highest BCUT2D eigenvalue weighted by molar-refractivity contribution is 7.09. The SMILES string of the molecule is O=C(/C=C/c1ccccc1N1CCC(NCc2nccs2)CC1)NO. The van der Waals surface area contributed by atoms with Gasteiger partial charge in [-0.1, -0.05) is 18.2 Å². The molecular formula is C18H22N4O2S. The lowest BCUT2D eigenvalue weighted by molar-refractivity contribution is -0.124. The van der Waals surface area contributed by atoms with E-state index in [2.05, 4.69) is 21.3 Å². The molecule has 6 nitrogen and oxygen atoms in total. The van der Waals surface area contributed by atoms with Gasteiger partial charge in [-0.05, 0) is 30.5 Å². The van der Waals surface area contributed by atoms with E-state index in [0.29, 0.717) is 6.04 Å². The standard InChI is InChI=1S/C18H22N4O2S/c23-17(21-24)6-5-14-3-1-2-4-16(14)22-10-7-15(8-11-22)20-13-18-19-9-12-25-18/h1-6,9,12,15,20,24H,7-8,10-11,13H2,(H,21,23)/b6-5+. The van der Waals surface area contributed by atoms with Crippen LogP contribution in [0.2, 0.25) is 0 Å². The molecule has 2 heterocycles. The average Bonchev–Trinajstić information content (AvgIpc) is 3.19. The predicted molar refractivity (Wildman–Crippen MR) is 99.6 cm³/mol. The quantitative estimate of drug-likeness (QED) is 0.420. The summed E-state index contributed by atoms with van der Waals surface area (Å²) in [6, 6.07) is 8.50. The number of aromatic nitrogens is 1. The highest BCUT2D eigenvalue weighted by Gasteiger charge is 2.20. The highest BCUT2D eigenvalue weighted by atomic mass is 32.1. The second-order valence-corrected chi connectivity index (χ2v) is 6.92. The Hall–Kier alpha value is -2.22. The number of anilines is 1. The molecule has 1 aliphatic heterocycles. The predicted octanol–water partition coefficient (Wildman–Crippen LogP) is 2.42. The number of para-hydroxylation sites is 1. The van der Waals surface area contributed by atoms with E-state index < -0.39 is 5.91 Å². The van der Waals surface area contributed by atoms with Gasteiger partial charge in [0.2, 0.25) is 0 Å². The Morgan fingerprint density at radius 3 is 2.88 bits per heavy atom. The molecule has 1 aromatic carbocycles. The van der Waals surface area contributed by atoms with Crippen molar-refractivity contribution in [2.45, 2.75) is 25.4 Å². The van der Waals surface area contributed by atoms with E-state index in [1.165, 1.54) is 6.08 Å². The molecule has 0 spiro atoms. The second-order valence-electron chi connectivity index (χ2n) is 5.94. The van der Waals surface area contributed by atoms with Crippen LogP contribution in [0.15, 0.2) is 41.9 Å². The van der Waals surface area contributed by atoms with Gasteiger partial charge in [0.05, 0.1) is 0 Å². The van der Waals surface area contributed by atoms with Gasteiger partial charge < -0.3 is 10.2 Å². The third-order valence-electron chi connectivity index (χ3n) is 4.32. The van der Waals surface area contributed by atoms with E-state index in [-0.39, 0.29) is 0 Å². The summed E-state index contributed by atoms with van der Waals surface area (Å²) in [5.74, 6) is -0.528. The molecule has 1 saturated heterocycles. The van der Waals surface area contributed by atoms with Gasteiger partial charge in [-0.2, -0.15) is 0 Å².